The Bertz CT molecular complexity index is 560. The maximum atomic E-state index is 12.0. The molecule has 0 aliphatic carbocycles. The number of carbonyl (C=O) groups excluding carboxylic acids is 2. The van der Waals surface area contributed by atoms with Crippen LogP contribution in [0, 0.1) is 0 Å². The Morgan fingerprint density at radius 1 is 1.25 bits per heavy atom. The van der Waals surface area contributed by atoms with E-state index in [0.29, 0.717) is 6.42 Å². The summed E-state index contributed by atoms with van der Waals surface area (Å²) in [6.07, 6.45) is -0.242. The number of nitrogens with one attached hydrogen (secondary N) is 1. The minimum absolute atomic E-state index is 0.0781. The number of anilines is 1. The van der Waals surface area contributed by atoms with Gasteiger partial charge in [0.1, 0.15) is 12.2 Å². The summed E-state index contributed by atoms with van der Waals surface area (Å²) in [5.41, 5.74) is 2.12. The number of ether oxygens (including phenoxy) is 2. The number of esters is 1. The Balaban J connectivity index is 1.96. The van der Waals surface area contributed by atoms with Gasteiger partial charge in [-0.3, -0.25) is 4.90 Å². The standard InChI is InChI=1S/C14H16N2O4/c1-19-13(17)11-7-9-8-5-3-4-6-10(8)15-12(9)16(11)14(18)20-2/h3-6,9,11-12,15H,7H2,1-2H3/t9-,11?,12-/m0/s1. The molecular formula is C14H16N2O4. The predicted molar refractivity (Wildman–Crippen MR) is 71.3 cm³/mol. The second-order valence-corrected chi connectivity index (χ2v) is 4.93. The Morgan fingerprint density at radius 2 is 2.00 bits per heavy atom. The number of carbonyl (C=O) groups is 2. The van der Waals surface area contributed by atoms with E-state index in [1.165, 1.54) is 19.1 Å². The average molecular weight is 276 g/mol. The van der Waals surface area contributed by atoms with E-state index < -0.39 is 18.1 Å². The molecule has 2 aliphatic heterocycles. The number of amides is 1. The molecule has 2 aliphatic rings. The summed E-state index contributed by atoms with van der Waals surface area (Å²) < 4.78 is 9.60. The quantitative estimate of drug-likeness (QED) is 0.788. The van der Waals surface area contributed by atoms with Gasteiger partial charge in [0.25, 0.3) is 0 Å². The molecule has 1 unspecified atom stereocenters. The van der Waals surface area contributed by atoms with E-state index in [1.807, 2.05) is 24.3 Å². The summed E-state index contributed by atoms with van der Waals surface area (Å²) in [6, 6.07) is 7.27. The Kier molecular flexibility index (Phi) is 3.00. The first-order valence-electron chi connectivity index (χ1n) is 6.47. The fraction of sp³-hybridized carbons (Fsp3) is 0.429. The van der Waals surface area contributed by atoms with Crippen molar-refractivity contribution >= 4 is 17.7 Å². The molecule has 1 N–H and O–H groups in total. The normalized spacial score (nSPS) is 26.5. The maximum absolute atomic E-state index is 12.0. The van der Waals surface area contributed by atoms with Crippen LogP contribution in [0.3, 0.4) is 0 Å². The second kappa shape index (κ2) is 4.70. The van der Waals surface area contributed by atoms with E-state index in [-0.39, 0.29) is 12.1 Å². The van der Waals surface area contributed by atoms with Crippen LogP contribution in [0.1, 0.15) is 17.9 Å². The van der Waals surface area contributed by atoms with Crippen molar-refractivity contribution in [2.75, 3.05) is 19.5 Å². The third-order valence-electron chi connectivity index (χ3n) is 4.02. The van der Waals surface area contributed by atoms with E-state index in [4.69, 9.17) is 9.47 Å². The van der Waals surface area contributed by atoms with Crippen LogP contribution >= 0.6 is 0 Å². The lowest BCUT2D eigenvalue weighted by Crippen LogP contribution is -2.47. The van der Waals surface area contributed by atoms with Crippen molar-refractivity contribution in [1.82, 2.24) is 4.90 Å². The zero-order chi connectivity index (χ0) is 14.3. The maximum Gasteiger partial charge on any atom is 0.411 e. The number of nitrogens with zero attached hydrogens (tertiary/aromatic N) is 1. The molecule has 3 atom stereocenters. The lowest BCUT2D eigenvalue weighted by molar-refractivity contribution is -0.145. The molecule has 106 valence electrons. The van der Waals surface area contributed by atoms with Crippen LogP contribution in [0.5, 0.6) is 0 Å². The van der Waals surface area contributed by atoms with Gasteiger partial charge in [0.15, 0.2) is 0 Å². The van der Waals surface area contributed by atoms with Gasteiger partial charge in [0, 0.05) is 11.6 Å². The predicted octanol–water partition coefficient (Wildman–Crippen LogP) is 1.54. The van der Waals surface area contributed by atoms with Crippen molar-refractivity contribution in [3.8, 4) is 0 Å². The number of benzene rings is 1. The number of hydrogen-bond donors (Lipinski definition) is 1. The summed E-state index contributed by atoms with van der Waals surface area (Å²) in [5.74, 6) is -0.335. The van der Waals surface area contributed by atoms with Crippen molar-refractivity contribution in [1.29, 1.82) is 0 Å². The van der Waals surface area contributed by atoms with Gasteiger partial charge in [-0.2, -0.15) is 0 Å². The first kappa shape index (κ1) is 12.8. The van der Waals surface area contributed by atoms with Gasteiger partial charge in [-0.15, -0.1) is 0 Å². The van der Waals surface area contributed by atoms with Crippen LogP contribution in [-0.4, -0.2) is 43.4 Å². The van der Waals surface area contributed by atoms with Crippen LogP contribution < -0.4 is 5.32 Å². The van der Waals surface area contributed by atoms with Crippen LogP contribution in [-0.2, 0) is 14.3 Å². The van der Waals surface area contributed by atoms with Crippen molar-refractivity contribution in [2.24, 2.45) is 0 Å². The molecule has 1 amide bonds. The second-order valence-electron chi connectivity index (χ2n) is 4.93. The zero-order valence-corrected chi connectivity index (χ0v) is 11.3. The Labute approximate surface area is 116 Å². The topological polar surface area (TPSA) is 67.9 Å². The summed E-state index contributed by atoms with van der Waals surface area (Å²) >= 11 is 0. The zero-order valence-electron chi connectivity index (χ0n) is 11.3. The third kappa shape index (κ3) is 1.71. The minimum Gasteiger partial charge on any atom is -0.467 e. The van der Waals surface area contributed by atoms with Crippen LogP contribution in [0.15, 0.2) is 24.3 Å². The molecule has 6 heteroatoms. The smallest absolute Gasteiger partial charge is 0.411 e. The highest BCUT2D eigenvalue weighted by Gasteiger charge is 2.52. The molecule has 1 fully saturated rings. The number of fused-ring (bicyclic) bond motifs is 3. The van der Waals surface area contributed by atoms with Crippen molar-refractivity contribution in [3.05, 3.63) is 29.8 Å². The van der Waals surface area contributed by atoms with Crippen molar-refractivity contribution < 1.29 is 19.1 Å². The lowest BCUT2D eigenvalue weighted by Gasteiger charge is -2.27. The number of rotatable bonds is 1. The molecular weight excluding hydrogens is 260 g/mol. The number of para-hydroxylation sites is 1. The van der Waals surface area contributed by atoms with Crippen LogP contribution in [0.4, 0.5) is 10.5 Å². The van der Waals surface area contributed by atoms with E-state index in [0.717, 1.165) is 11.3 Å². The number of likely N-dealkylation sites (tertiary alicyclic amines) is 1. The summed E-state index contributed by atoms with van der Waals surface area (Å²) in [5, 5.41) is 3.29. The Hall–Kier alpha value is -2.24. The van der Waals surface area contributed by atoms with E-state index in [2.05, 4.69) is 5.32 Å². The molecule has 1 aromatic rings. The first-order valence-corrected chi connectivity index (χ1v) is 6.47. The molecule has 1 aromatic carbocycles. The van der Waals surface area contributed by atoms with Gasteiger partial charge in [0.05, 0.1) is 14.2 Å². The number of methoxy groups -OCH3 is 2. The fourth-order valence-electron chi connectivity index (χ4n) is 3.14. The highest BCUT2D eigenvalue weighted by molar-refractivity contribution is 5.84. The van der Waals surface area contributed by atoms with Gasteiger partial charge in [0.2, 0.25) is 0 Å². The molecule has 0 saturated carbocycles. The molecule has 0 aromatic heterocycles. The van der Waals surface area contributed by atoms with Gasteiger partial charge in [-0.25, -0.2) is 9.59 Å². The molecule has 6 nitrogen and oxygen atoms in total. The molecule has 0 bridgehead atoms. The van der Waals surface area contributed by atoms with Crippen LogP contribution in [0.25, 0.3) is 0 Å². The molecule has 2 heterocycles. The van der Waals surface area contributed by atoms with E-state index >= 15 is 0 Å². The van der Waals surface area contributed by atoms with Gasteiger partial charge >= 0.3 is 12.1 Å². The minimum atomic E-state index is -0.608. The van der Waals surface area contributed by atoms with E-state index in [9.17, 15) is 9.59 Å². The molecule has 0 radical (unpaired) electrons. The van der Waals surface area contributed by atoms with Gasteiger partial charge < -0.3 is 14.8 Å². The molecule has 0 spiro atoms. The third-order valence-corrected chi connectivity index (χ3v) is 4.02. The average Bonchev–Trinajstić information content (AvgIpc) is 3.01. The first-order chi connectivity index (χ1) is 9.67. The number of hydrogen-bond acceptors (Lipinski definition) is 5. The highest BCUT2D eigenvalue weighted by atomic mass is 16.5. The summed E-state index contributed by atoms with van der Waals surface area (Å²) in [4.78, 5) is 25.3. The highest BCUT2D eigenvalue weighted by Crippen LogP contribution is 2.46. The SMILES string of the molecule is COC(=O)C1C[C@H]2c3ccccc3N[C@H]2N1C(=O)OC. The van der Waals surface area contributed by atoms with Gasteiger partial charge in [-0.05, 0) is 18.1 Å². The van der Waals surface area contributed by atoms with Crippen molar-refractivity contribution in [3.63, 3.8) is 0 Å². The lowest BCUT2D eigenvalue weighted by atomic mass is 9.96. The summed E-state index contributed by atoms with van der Waals surface area (Å²) in [6.45, 7) is 0. The van der Waals surface area contributed by atoms with E-state index in [1.54, 1.807) is 0 Å². The van der Waals surface area contributed by atoms with Gasteiger partial charge in [-0.1, -0.05) is 18.2 Å². The fourth-order valence-corrected chi connectivity index (χ4v) is 3.14. The molecule has 20 heavy (non-hydrogen) atoms. The largest absolute Gasteiger partial charge is 0.467 e. The molecule has 3 rings (SSSR count). The monoisotopic (exact) mass is 276 g/mol. The van der Waals surface area contributed by atoms with Crippen LogP contribution in [0.2, 0.25) is 0 Å². The summed E-state index contributed by atoms with van der Waals surface area (Å²) in [7, 11) is 2.64. The Morgan fingerprint density at radius 3 is 2.70 bits per heavy atom. The van der Waals surface area contributed by atoms with Crippen molar-refractivity contribution in [2.45, 2.75) is 24.5 Å². The molecule has 1 saturated heterocycles.